The maximum absolute atomic E-state index is 13.9. The van der Waals surface area contributed by atoms with Crippen LogP contribution in [0.15, 0.2) is 48.9 Å². The van der Waals surface area contributed by atoms with Crippen molar-refractivity contribution in [3.8, 4) is 11.4 Å². The van der Waals surface area contributed by atoms with Crippen LogP contribution in [0.4, 0.5) is 15.9 Å². The number of pyridine rings is 1. The molecular weight excluding hydrogens is 307 g/mol. The summed E-state index contributed by atoms with van der Waals surface area (Å²) in [6.07, 6.45) is 4.25. The van der Waals surface area contributed by atoms with Crippen molar-refractivity contribution in [1.29, 1.82) is 0 Å². The molecule has 0 saturated carbocycles. The lowest BCUT2D eigenvalue weighted by atomic mass is 9.86. The Morgan fingerprint density at radius 1 is 1.21 bits per heavy atom. The van der Waals surface area contributed by atoms with E-state index in [0.717, 1.165) is 17.4 Å². The van der Waals surface area contributed by atoms with Crippen LogP contribution in [-0.4, -0.2) is 20.9 Å². The molecule has 120 valence electrons. The van der Waals surface area contributed by atoms with Crippen molar-refractivity contribution in [3.05, 3.63) is 60.3 Å². The number of hydrogen-bond donors (Lipinski definition) is 1. The van der Waals surface area contributed by atoms with Crippen molar-refractivity contribution in [3.63, 3.8) is 0 Å². The van der Waals surface area contributed by atoms with E-state index in [0.29, 0.717) is 17.2 Å². The topological polar surface area (TPSA) is 61.9 Å². The number of H-pyrrole nitrogens is 1. The number of anilines is 2. The molecule has 1 aliphatic rings. The lowest BCUT2D eigenvalue weighted by Gasteiger charge is -2.18. The van der Waals surface area contributed by atoms with E-state index < -0.39 is 11.2 Å². The summed E-state index contributed by atoms with van der Waals surface area (Å²) in [4.78, 5) is 25.6. The molecule has 0 spiro atoms. The van der Waals surface area contributed by atoms with E-state index in [1.54, 1.807) is 17.2 Å². The van der Waals surface area contributed by atoms with Crippen LogP contribution in [0.2, 0.25) is 0 Å². The quantitative estimate of drug-likeness (QED) is 0.784. The molecule has 1 amide bonds. The van der Waals surface area contributed by atoms with Crippen molar-refractivity contribution in [2.24, 2.45) is 0 Å². The molecule has 0 fully saturated rings. The standard InChI is InChI=1S/C18H15FN4O/c1-18(2)12-5-3-4-6-14(12)23(17(18)24)15-10-21-16(22-15)11-7-8-20-9-13(11)19/h3-10H,1-2H3,(H,21,22). The van der Waals surface area contributed by atoms with Crippen LogP contribution in [0.3, 0.4) is 0 Å². The minimum Gasteiger partial charge on any atom is -0.343 e. The maximum atomic E-state index is 13.9. The summed E-state index contributed by atoms with van der Waals surface area (Å²) in [5, 5.41) is 0. The van der Waals surface area contributed by atoms with Gasteiger partial charge in [0.2, 0.25) is 5.91 Å². The van der Waals surface area contributed by atoms with Crippen molar-refractivity contribution >= 4 is 17.4 Å². The number of aromatic nitrogens is 3. The Bertz CT molecular complexity index is 947. The Balaban J connectivity index is 1.81. The van der Waals surface area contributed by atoms with Crippen LogP contribution in [0.5, 0.6) is 0 Å². The van der Waals surface area contributed by atoms with Crippen molar-refractivity contribution in [2.75, 3.05) is 4.90 Å². The Morgan fingerprint density at radius 3 is 2.79 bits per heavy atom. The third-order valence-corrected chi connectivity index (χ3v) is 4.38. The van der Waals surface area contributed by atoms with Gasteiger partial charge in [-0.3, -0.25) is 14.7 Å². The summed E-state index contributed by atoms with van der Waals surface area (Å²) < 4.78 is 13.9. The second-order valence-electron chi connectivity index (χ2n) is 6.25. The van der Waals surface area contributed by atoms with Crippen LogP contribution in [0.1, 0.15) is 19.4 Å². The third kappa shape index (κ3) is 1.96. The monoisotopic (exact) mass is 322 g/mol. The van der Waals surface area contributed by atoms with Crippen LogP contribution in [0, 0.1) is 5.82 Å². The van der Waals surface area contributed by atoms with E-state index in [2.05, 4.69) is 15.0 Å². The summed E-state index contributed by atoms with van der Waals surface area (Å²) in [5.74, 6) is 0.285. The number of hydrogen-bond acceptors (Lipinski definition) is 3. The highest BCUT2D eigenvalue weighted by molar-refractivity contribution is 6.12. The highest BCUT2D eigenvalue weighted by Crippen LogP contribution is 2.44. The first-order valence-electron chi connectivity index (χ1n) is 7.59. The van der Waals surface area contributed by atoms with Gasteiger partial charge in [-0.1, -0.05) is 18.2 Å². The number of nitrogens with zero attached hydrogens (tertiary/aromatic N) is 3. The molecule has 1 N–H and O–H groups in total. The van der Waals surface area contributed by atoms with Crippen molar-refractivity contribution in [1.82, 2.24) is 15.0 Å². The molecule has 3 aromatic rings. The van der Waals surface area contributed by atoms with Gasteiger partial charge in [0, 0.05) is 12.4 Å². The van der Waals surface area contributed by atoms with Gasteiger partial charge in [0.05, 0.1) is 22.9 Å². The largest absolute Gasteiger partial charge is 0.343 e. The molecule has 1 aliphatic heterocycles. The Morgan fingerprint density at radius 2 is 2.00 bits per heavy atom. The zero-order valence-electron chi connectivity index (χ0n) is 13.2. The van der Waals surface area contributed by atoms with E-state index in [1.807, 2.05) is 38.1 Å². The molecule has 3 heterocycles. The molecule has 1 aromatic carbocycles. The summed E-state index contributed by atoms with van der Waals surface area (Å²) in [5.41, 5.74) is 1.45. The van der Waals surface area contributed by atoms with E-state index in [1.165, 1.54) is 6.20 Å². The molecule has 0 unspecified atom stereocenters. The molecule has 0 aliphatic carbocycles. The average molecular weight is 322 g/mol. The number of nitrogens with one attached hydrogen (secondary N) is 1. The normalized spacial score (nSPS) is 15.6. The van der Waals surface area contributed by atoms with E-state index in [-0.39, 0.29) is 5.91 Å². The number of carbonyl (C=O) groups is 1. The number of rotatable bonds is 2. The first-order valence-corrected chi connectivity index (χ1v) is 7.59. The number of carbonyl (C=O) groups excluding carboxylic acids is 1. The predicted molar refractivity (Wildman–Crippen MR) is 88.4 cm³/mol. The predicted octanol–water partition coefficient (Wildman–Crippen LogP) is 3.57. The lowest BCUT2D eigenvalue weighted by molar-refractivity contribution is -0.121. The Kier molecular flexibility index (Phi) is 3.03. The molecule has 24 heavy (non-hydrogen) atoms. The van der Waals surface area contributed by atoms with Crippen molar-refractivity contribution in [2.45, 2.75) is 19.3 Å². The van der Waals surface area contributed by atoms with Gasteiger partial charge in [-0.25, -0.2) is 9.37 Å². The average Bonchev–Trinajstić information content (AvgIpc) is 3.11. The number of benzene rings is 1. The highest BCUT2D eigenvalue weighted by Gasteiger charge is 2.45. The van der Waals surface area contributed by atoms with Crippen molar-refractivity contribution < 1.29 is 9.18 Å². The van der Waals surface area contributed by atoms with Crippen LogP contribution in [0.25, 0.3) is 11.4 Å². The molecule has 0 saturated heterocycles. The van der Waals surface area contributed by atoms with Gasteiger partial charge in [0.1, 0.15) is 5.82 Å². The van der Waals surface area contributed by atoms with Gasteiger partial charge in [-0.15, -0.1) is 0 Å². The second-order valence-corrected chi connectivity index (χ2v) is 6.25. The summed E-state index contributed by atoms with van der Waals surface area (Å²) in [6.45, 7) is 3.79. The summed E-state index contributed by atoms with van der Waals surface area (Å²) >= 11 is 0. The number of imidazole rings is 1. The lowest BCUT2D eigenvalue weighted by Crippen LogP contribution is -2.33. The van der Waals surface area contributed by atoms with Crippen LogP contribution >= 0.6 is 0 Å². The zero-order valence-corrected chi connectivity index (χ0v) is 13.2. The zero-order chi connectivity index (χ0) is 16.9. The van der Waals surface area contributed by atoms with E-state index in [9.17, 15) is 9.18 Å². The molecular formula is C18H15FN4O. The number of fused-ring (bicyclic) bond motifs is 1. The van der Waals surface area contributed by atoms with Crippen LogP contribution in [-0.2, 0) is 10.2 Å². The van der Waals surface area contributed by atoms with Crippen LogP contribution < -0.4 is 4.90 Å². The maximum Gasteiger partial charge on any atom is 0.242 e. The van der Waals surface area contributed by atoms with Gasteiger partial charge in [0.25, 0.3) is 0 Å². The molecule has 5 nitrogen and oxygen atoms in total. The molecule has 0 radical (unpaired) electrons. The second kappa shape index (κ2) is 4.99. The molecule has 6 heteroatoms. The fourth-order valence-electron chi connectivity index (χ4n) is 3.06. The van der Waals surface area contributed by atoms with Gasteiger partial charge >= 0.3 is 0 Å². The van der Waals surface area contributed by atoms with E-state index >= 15 is 0 Å². The minimum atomic E-state index is -0.627. The smallest absolute Gasteiger partial charge is 0.242 e. The van der Waals surface area contributed by atoms with Gasteiger partial charge in [-0.2, -0.15) is 0 Å². The summed E-state index contributed by atoms with van der Waals surface area (Å²) in [6, 6.07) is 9.19. The first-order chi connectivity index (χ1) is 11.5. The number of amides is 1. The van der Waals surface area contributed by atoms with Gasteiger partial charge in [-0.05, 0) is 31.5 Å². The minimum absolute atomic E-state index is 0.0584. The highest BCUT2D eigenvalue weighted by atomic mass is 19.1. The number of para-hydroxylation sites is 1. The molecule has 2 aromatic heterocycles. The SMILES string of the molecule is CC1(C)C(=O)N(c2c[nH]c(-c3ccncc3F)n2)c2ccccc21. The first kappa shape index (κ1) is 14.6. The Labute approximate surface area is 138 Å². The van der Waals surface area contributed by atoms with Gasteiger partial charge < -0.3 is 4.98 Å². The Hall–Kier alpha value is -3.02. The molecule has 4 rings (SSSR count). The van der Waals surface area contributed by atoms with Gasteiger partial charge in [0.15, 0.2) is 11.6 Å². The number of aromatic amines is 1. The number of halogens is 1. The third-order valence-electron chi connectivity index (χ3n) is 4.38. The fraction of sp³-hybridized carbons (Fsp3) is 0.167. The molecule has 0 bridgehead atoms. The fourth-order valence-corrected chi connectivity index (χ4v) is 3.06. The van der Waals surface area contributed by atoms with E-state index in [4.69, 9.17) is 0 Å². The molecule has 0 atom stereocenters. The summed E-state index contributed by atoms with van der Waals surface area (Å²) in [7, 11) is 0.